The van der Waals surface area contributed by atoms with E-state index in [2.05, 4.69) is 15.7 Å². The zero-order valence-electron chi connectivity index (χ0n) is 20.3. The van der Waals surface area contributed by atoms with Crippen LogP contribution in [0.25, 0.3) is 16.9 Å². The van der Waals surface area contributed by atoms with Crippen molar-refractivity contribution in [2.75, 3.05) is 17.2 Å². The van der Waals surface area contributed by atoms with E-state index in [0.717, 1.165) is 45.3 Å². The smallest absolute Gasteiger partial charge is 0.227 e. The van der Waals surface area contributed by atoms with E-state index in [1.807, 2.05) is 91.9 Å². The fourth-order valence-electron chi connectivity index (χ4n) is 3.96. The minimum atomic E-state index is -0.103. The highest BCUT2D eigenvalue weighted by molar-refractivity contribution is 6.33. The minimum Gasteiger partial charge on any atom is -0.493 e. The Balaban J connectivity index is 1.26. The summed E-state index contributed by atoms with van der Waals surface area (Å²) in [4.78, 5) is 17.2. The summed E-state index contributed by atoms with van der Waals surface area (Å²) in [7, 11) is 0. The number of nitrogens with one attached hydrogen (secondary N) is 2. The first-order chi connectivity index (χ1) is 18.1. The first kappa shape index (κ1) is 24.3. The number of anilines is 2. The number of halogens is 1. The molecule has 186 valence electrons. The molecular weight excluding hydrogens is 486 g/mol. The standard InChI is InChI=1S/C29H26ClN5O2/c1-20-18-32-35-27(17-26(34-29(20)35)24-12-5-6-13-25(24)30)31-19-21-8-7-9-22(16-21)33-28(36)14-15-37-23-10-3-2-4-11-23/h2-13,16-18,31H,14-15,19H2,1H3,(H,33,36). The molecule has 2 aromatic heterocycles. The lowest BCUT2D eigenvalue weighted by Crippen LogP contribution is -2.15. The number of hydrogen-bond donors (Lipinski definition) is 2. The second kappa shape index (κ2) is 11.1. The Hall–Kier alpha value is -4.36. The number of aryl methyl sites for hydroxylation is 1. The molecule has 0 atom stereocenters. The van der Waals surface area contributed by atoms with Crippen molar-refractivity contribution < 1.29 is 9.53 Å². The quantitative estimate of drug-likeness (QED) is 0.240. The first-order valence-electron chi connectivity index (χ1n) is 12.0. The van der Waals surface area contributed by atoms with E-state index in [1.54, 1.807) is 10.7 Å². The van der Waals surface area contributed by atoms with Crippen LogP contribution in [0, 0.1) is 6.92 Å². The third-order valence-corrected chi connectivity index (χ3v) is 6.15. The van der Waals surface area contributed by atoms with Gasteiger partial charge >= 0.3 is 0 Å². The van der Waals surface area contributed by atoms with Gasteiger partial charge in [-0.25, -0.2) is 4.98 Å². The second-order valence-corrected chi connectivity index (χ2v) is 8.99. The Morgan fingerprint density at radius 2 is 1.81 bits per heavy atom. The van der Waals surface area contributed by atoms with Crippen LogP contribution in [-0.4, -0.2) is 27.1 Å². The van der Waals surface area contributed by atoms with Crippen LogP contribution in [0.1, 0.15) is 17.5 Å². The molecule has 3 aromatic carbocycles. The Kier molecular flexibility index (Phi) is 7.33. The normalized spacial score (nSPS) is 10.9. The lowest BCUT2D eigenvalue weighted by atomic mass is 10.1. The molecule has 7 nitrogen and oxygen atoms in total. The van der Waals surface area contributed by atoms with Gasteiger partial charge in [0.25, 0.3) is 0 Å². The molecule has 5 aromatic rings. The largest absolute Gasteiger partial charge is 0.493 e. The van der Waals surface area contributed by atoms with Gasteiger partial charge in [0.05, 0.1) is 24.9 Å². The van der Waals surface area contributed by atoms with E-state index in [1.165, 1.54) is 0 Å². The summed E-state index contributed by atoms with van der Waals surface area (Å²) in [5.41, 5.74) is 5.10. The van der Waals surface area contributed by atoms with E-state index < -0.39 is 0 Å². The topological polar surface area (TPSA) is 80.5 Å². The van der Waals surface area contributed by atoms with E-state index in [-0.39, 0.29) is 12.3 Å². The average molecular weight is 512 g/mol. The van der Waals surface area contributed by atoms with E-state index in [9.17, 15) is 4.79 Å². The number of rotatable bonds is 9. The third kappa shape index (κ3) is 5.90. The van der Waals surface area contributed by atoms with Gasteiger partial charge in [-0.3, -0.25) is 4.79 Å². The van der Waals surface area contributed by atoms with Gasteiger partial charge in [-0.1, -0.05) is 60.1 Å². The van der Waals surface area contributed by atoms with Crippen molar-refractivity contribution >= 4 is 34.7 Å². The molecule has 0 bridgehead atoms. The minimum absolute atomic E-state index is 0.103. The Morgan fingerprint density at radius 3 is 2.65 bits per heavy atom. The number of hydrogen-bond acceptors (Lipinski definition) is 5. The fraction of sp³-hybridized carbons (Fsp3) is 0.138. The summed E-state index contributed by atoms with van der Waals surface area (Å²) in [5.74, 6) is 1.44. The summed E-state index contributed by atoms with van der Waals surface area (Å²) in [6.45, 7) is 2.82. The van der Waals surface area contributed by atoms with Gasteiger partial charge in [-0.15, -0.1) is 0 Å². The van der Waals surface area contributed by atoms with Gasteiger partial charge in [0, 0.05) is 34.4 Å². The van der Waals surface area contributed by atoms with Crippen molar-refractivity contribution in [2.45, 2.75) is 19.9 Å². The Morgan fingerprint density at radius 1 is 1.00 bits per heavy atom. The molecule has 0 saturated heterocycles. The van der Waals surface area contributed by atoms with Crippen LogP contribution in [0.2, 0.25) is 5.02 Å². The molecular formula is C29H26ClN5O2. The second-order valence-electron chi connectivity index (χ2n) is 8.58. The lowest BCUT2D eigenvalue weighted by molar-refractivity contribution is -0.116. The molecule has 2 heterocycles. The average Bonchev–Trinajstić information content (AvgIpc) is 3.29. The fourth-order valence-corrected chi connectivity index (χ4v) is 4.19. The number of benzene rings is 3. The highest BCUT2D eigenvalue weighted by atomic mass is 35.5. The lowest BCUT2D eigenvalue weighted by Gasteiger charge is -2.13. The van der Waals surface area contributed by atoms with Crippen molar-refractivity contribution in [3.8, 4) is 17.0 Å². The van der Waals surface area contributed by atoms with Crippen LogP contribution < -0.4 is 15.4 Å². The zero-order chi connectivity index (χ0) is 25.6. The predicted octanol–water partition coefficient (Wildman–Crippen LogP) is 6.38. The number of aromatic nitrogens is 3. The van der Waals surface area contributed by atoms with Crippen molar-refractivity contribution in [2.24, 2.45) is 0 Å². The van der Waals surface area contributed by atoms with E-state index >= 15 is 0 Å². The highest BCUT2D eigenvalue weighted by Crippen LogP contribution is 2.29. The number of fused-ring (bicyclic) bond motifs is 1. The maximum Gasteiger partial charge on any atom is 0.227 e. The molecule has 0 saturated carbocycles. The molecule has 5 rings (SSSR count). The van der Waals surface area contributed by atoms with Crippen molar-refractivity contribution in [3.63, 3.8) is 0 Å². The van der Waals surface area contributed by atoms with Crippen LogP contribution in [0.4, 0.5) is 11.5 Å². The molecule has 8 heteroatoms. The maximum atomic E-state index is 12.4. The Labute approximate surface area is 220 Å². The molecule has 0 aliphatic rings. The molecule has 0 aliphatic heterocycles. The molecule has 37 heavy (non-hydrogen) atoms. The van der Waals surface area contributed by atoms with Crippen molar-refractivity contribution in [1.82, 2.24) is 14.6 Å². The molecule has 0 fully saturated rings. The van der Waals surface area contributed by atoms with Gasteiger partial charge in [0.15, 0.2) is 5.65 Å². The number of carbonyl (C=O) groups is 1. The van der Waals surface area contributed by atoms with Gasteiger partial charge < -0.3 is 15.4 Å². The number of nitrogens with zero attached hydrogens (tertiary/aromatic N) is 3. The first-order valence-corrected chi connectivity index (χ1v) is 12.4. The SMILES string of the molecule is Cc1cnn2c(NCc3cccc(NC(=O)CCOc4ccccc4)c3)cc(-c3ccccc3Cl)nc12. The number of amides is 1. The molecule has 0 radical (unpaired) electrons. The molecule has 0 spiro atoms. The van der Waals surface area contributed by atoms with E-state index in [4.69, 9.17) is 21.3 Å². The molecule has 1 amide bonds. The van der Waals surface area contributed by atoms with Crippen LogP contribution in [0.3, 0.4) is 0 Å². The summed E-state index contributed by atoms with van der Waals surface area (Å²) in [5, 5.41) is 11.5. The van der Waals surface area contributed by atoms with Gasteiger partial charge in [0.1, 0.15) is 11.6 Å². The zero-order valence-corrected chi connectivity index (χ0v) is 21.1. The molecule has 0 unspecified atom stereocenters. The van der Waals surface area contributed by atoms with Crippen LogP contribution in [-0.2, 0) is 11.3 Å². The van der Waals surface area contributed by atoms with Crippen LogP contribution in [0.5, 0.6) is 5.75 Å². The summed E-state index contributed by atoms with van der Waals surface area (Å²) < 4.78 is 7.40. The predicted molar refractivity (Wildman–Crippen MR) is 147 cm³/mol. The monoisotopic (exact) mass is 511 g/mol. The van der Waals surface area contributed by atoms with Gasteiger partial charge in [0.2, 0.25) is 5.91 Å². The van der Waals surface area contributed by atoms with Crippen LogP contribution in [0.15, 0.2) is 91.1 Å². The molecule has 0 aliphatic carbocycles. The number of ether oxygens (including phenoxy) is 1. The molecule has 2 N–H and O–H groups in total. The van der Waals surface area contributed by atoms with Gasteiger partial charge in [-0.05, 0) is 42.8 Å². The summed E-state index contributed by atoms with van der Waals surface area (Å²) in [6, 6.07) is 26.8. The summed E-state index contributed by atoms with van der Waals surface area (Å²) >= 11 is 6.45. The summed E-state index contributed by atoms with van der Waals surface area (Å²) in [6.07, 6.45) is 2.05. The highest BCUT2D eigenvalue weighted by Gasteiger charge is 2.13. The van der Waals surface area contributed by atoms with Crippen molar-refractivity contribution in [1.29, 1.82) is 0 Å². The van der Waals surface area contributed by atoms with E-state index in [0.29, 0.717) is 18.2 Å². The van der Waals surface area contributed by atoms with Gasteiger partial charge in [-0.2, -0.15) is 9.61 Å². The number of para-hydroxylation sites is 1. The Bertz CT molecular complexity index is 1530. The maximum absolute atomic E-state index is 12.4. The number of carbonyl (C=O) groups excluding carboxylic acids is 1. The van der Waals surface area contributed by atoms with Crippen LogP contribution >= 0.6 is 11.6 Å². The third-order valence-electron chi connectivity index (χ3n) is 5.82. The van der Waals surface area contributed by atoms with Crippen molar-refractivity contribution in [3.05, 3.63) is 107 Å².